The van der Waals surface area contributed by atoms with Gasteiger partial charge in [-0.25, -0.2) is 13.2 Å². The highest BCUT2D eigenvalue weighted by Crippen LogP contribution is 2.34. The lowest BCUT2D eigenvalue weighted by Gasteiger charge is -2.12. The molecule has 0 bridgehead atoms. The van der Waals surface area contributed by atoms with E-state index in [4.69, 9.17) is 0 Å². The maximum absolute atomic E-state index is 15.3. The molecule has 4 rings (SSSR count). The van der Waals surface area contributed by atoms with E-state index in [0.717, 1.165) is 48.8 Å². The second-order valence-corrected chi connectivity index (χ2v) is 8.33. The van der Waals surface area contributed by atoms with Gasteiger partial charge in [-0.15, -0.1) is 13.2 Å². The molecule has 4 aromatic rings. The minimum Gasteiger partial charge on any atom is -0.399 e. The zero-order valence-electron chi connectivity index (χ0n) is 18.9. The zero-order valence-corrected chi connectivity index (χ0v) is 18.9. The van der Waals surface area contributed by atoms with Gasteiger partial charge in [-0.2, -0.15) is 0 Å². The molecular formula is C28H22F6O. The van der Waals surface area contributed by atoms with E-state index in [2.05, 4.69) is 11.7 Å². The van der Waals surface area contributed by atoms with Crippen molar-refractivity contribution in [3.8, 4) is 28.0 Å². The van der Waals surface area contributed by atoms with Crippen LogP contribution in [0.4, 0.5) is 26.3 Å². The highest BCUT2D eigenvalue weighted by Gasteiger charge is 2.34. The fourth-order valence-electron chi connectivity index (χ4n) is 4.08. The van der Waals surface area contributed by atoms with E-state index in [9.17, 15) is 22.0 Å². The van der Waals surface area contributed by atoms with Crippen LogP contribution in [0.5, 0.6) is 5.75 Å². The quantitative estimate of drug-likeness (QED) is 0.186. The number of ether oxygens (including phenoxy) is 1. The van der Waals surface area contributed by atoms with Gasteiger partial charge in [-0.05, 0) is 52.6 Å². The molecular weight excluding hydrogens is 466 g/mol. The summed E-state index contributed by atoms with van der Waals surface area (Å²) in [5, 5.41) is 1.30. The molecule has 0 saturated carbocycles. The summed E-state index contributed by atoms with van der Waals surface area (Å²) in [4.78, 5) is 0. The maximum atomic E-state index is 15.3. The molecule has 0 radical (unpaired) electrons. The molecule has 0 N–H and O–H groups in total. The first-order valence-electron chi connectivity index (χ1n) is 11.2. The predicted molar refractivity (Wildman–Crippen MR) is 125 cm³/mol. The Bertz CT molecular complexity index is 1320. The van der Waals surface area contributed by atoms with E-state index < -0.39 is 23.7 Å². The molecule has 4 aromatic carbocycles. The summed E-state index contributed by atoms with van der Waals surface area (Å²) in [5.74, 6) is -4.84. The lowest BCUT2D eigenvalue weighted by atomic mass is 9.96. The number of benzene rings is 4. The molecule has 0 heterocycles. The Morgan fingerprint density at radius 2 is 1.37 bits per heavy atom. The number of alkyl halides is 3. The Kier molecular flexibility index (Phi) is 7.05. The summed E-state index contributed by atoms with van der Waals surface area (Å²) in [7, 11) is 0. The van der Waals surface area contributed by atoms with E-state index in [0.29, 0.717) is 22.1 Å². The molecule has 182 valence electrons. The molecule has 0 unspecified atom stereocenters. The van der Waals surface area contributed by atoms with Crippen LogP contribution in [0.1, 0.15) is 31.7 Å². The SMILES string of the molecule is CCCCCc1ccc2c(F)c(-c3ccc(-c4cc(F)c(OC(F)(F)F)c(F)c4)cc3)ccc2c1. The van der Waals surface area contributed by atoms with Gasteiger partial charge in [0.25, 0.3) is 0 Å². The van der Waals surface area contributed by atoms with Crippen molar-refractivity contribution in [1.82, 2.24) is 0 Å². The number of rotatable bonds is 7. The topological polar surface area (TPSA) is 9.23 Å². The first-order chi connectivity index (χ1) is 16.7. The van der Waals surface area contributed by atoms with Crippen LogP contribution in [-0.4, -0.2) is 6.36 Å². The van der Waals surface area contributed by atoms with Crippen LogP contribution in [0, 0.1) is 17.5 Å². The monoisotopic (exact) mass is 488 g/mol. The summed E-state index contributed by atoms with van der Waals surface area (Å²) < 4.78 is 83.9. The average Bonchev–Trinajstić information content (AvgIpc) is 2.81. The fraction of sp³-hybridized carbons (Fsp3) is 0.214. The standard InChI is InChI=1S/C28H22F6O/c1-2-3-4-5-17-6-12-23-20(14-17)11-13-22(26(23)31)19-9-7-18(8-10-19)21-15-24(29)27(25(30)16-21)35-28(32,33)34/h6-16H,2-5H2,1H3. The summed E-state index contributed by atoms with van der Waals surface area (Å²) >= 11 is 0. The summed E-state index contributed by atoms with van der Waals surface area (Å²) in [6.07, 6.45) is -0.913. The van der Waals surface area contributed by atoms with E-state index in [-0.39, 0.29) is 11.4 Å². The minimum absolute atomic E-state index is 0.0238. The molecule has 1 nitrogen and oxygen atoms in total. The van der Waals surface area contributed by atoms with Crippen LogP contribution in [0.15, 0.2) is 66.7 Å². The van der Waals surface area contributed by atoms with Crippen molar-refractivity contribution in [2.75, 3.05) is 0 Å². The molecule has 0 fully saturated rings. The first-order valence-corrected chi connectivity index (χ1v) is 11.2. The van der Waals surface area contributed by atoms with Gasteiger partial charge in [-0.3, -0.25) is 0 Å². The highest BCUT2D eigenvalue weighted by molar-refractivity contribution is 5.89. The second kappa shape index (κ2) is 10.0. The smallest absolute Gasteiger partial charge is 0.399 e. The van der Waals surface area contributed by atoms with Crippen LogP contribution in [-0.2, 0) is 6.42 Å². The second-order valence-electron chi connectivity index (χ2n) is 8.33. The minimum atomic E-state index is -5.22. The number of aryl methyl sites for hydroxylation is 1. The summed E-state index contributed by atoms with van der Waals surface area (Å²) in [5.41, 5.74) is 2.46. The molecule has 0 saturated heterocycles. The average molecular weight is 488 g/mol. The van der Waals surface area contributed by atoms with Crippen LogP contribution < -0.4 is 4.74 Å². The van der Waals surface area contributed by atoms with Crippen molar-refractivity contribution in [2.45, 2.75) is 39.0 Å². The van der Waals surface area contributed by atoms with Crippen molar-refractivity contribution in [2.24, 2.45) is 0 Å². The van der Waals surface area contributed by atoms with Gasteiger partial charge in [0.2, 0.25) is 5.75 Å². The van der Waals surface area contributed by atoms with Gasteiger partial charge in [0.15, 0.2) is 11.6 Å². The van der Waals surface area contributed by atoms with E-state index in [1.165, 1.54) is 12.1 Å². The van der Waals surface area contributed by atoms with Crippen molar-refractivity contribution in [3.63, 3.8) is 0 Å². The van der Waals surface area contributed by atoms with Gasteiger partial charge >= 0.3 is 6.36 Å². The summed E-state index contributed by atoms with van der Waals surface area (Å²) in [6, 6.07) is 17.0. The van der Waals surface area contributed by atoms with Crippen LogP contribution in [0.2, 0.25) is 0 Å². The molecule has 0 aliphatic heterocycles. The van der Waals surface area contributed by atoms with Gasteiger partial charge < -0.3 is 4.74 Å². The fourth-order valence-corrected chi connectivity index (χ4v) is 4.08. The Morgan fingerprint density at radius 1 is 0.714 bits per heavy atom. The number of halogens is 6. The largest absolute Gasteiger partial charge is 0.573 e. The first kappa shape index (κ1) is 24.6. The number of unbranched alkanes of at least 4 members (excludes halogenated alkanes) is 2. The van der Waals surface area contributed by atoms with Gasteiger partial charge in [0.05, 0.1) is 0 Å². The molecule has 7 heteroatoms. The molecule has 0 atom stereocenters. The Labute approximate surface area is 199 Å². The van der Waals surface area contributed by atoms with Crippen molar-refractivity contribution >= 4 is 10.8 Å². The van der Waals surface area contributed by atoms with Crippen molar-refractivity contribution in [1.29, 1.82) is 0 Å². The number of fused-ring (bicyclic) bond motifs is 1. The molecule has 0 amide bonds. The Hall–Kier alpha value is -3.48. The van der Waals surface area contributed by atoms with Crippen LogP contribution in [0.25, 0.3) is 33.0 Å². The van der Waals surface area contributed by atoms with Crippen molar-refractivity contribution in [3.05, 3.63) is 89.7 Å². The third kappa shape index (κ3) is 5.61. The number of hydrogen-bond donors (Lipinski definition) is 0. The highest BCUT2D eigenvalue weighted by atomic mass is 19.4. The summed E-state index contributed by atoms with van der Waals surface area (Å²) in [6.45, 7) is 2.14. The third-order valence-corrected chi connectivity index (χ3v) is 5.83. The zero-order chi connectivity index (χ0) is 25.2. The third-order valence-electron chi connectivity index (χ3n) is 5.83. The van der Waals surface area contributed by atoms with Gasteiger partial charge in [0, 0.05) is 10.9 Å². The maximum Gasteiger partial charge on any atom is 0.573 e. The van der Waals surface area contributed by atoms with Crippen molar-refractivity contribution < 1.29 is 31.1 Å². The van der Waals surface area contributed by atoms with Crippen LogP contribution >= 0.6 is 0 Å². The normalized spacial score (nSPS) is 11.7. The molecule has 0 aromatic heterocycles. The molecule has 0 aliphatic rings. The molecule has 35 heavy (non-hydrogen) atoms. The van der Waals surface area contributed by atoms with E-state index >= 15 is 4.39 Å². The van der Waals surface area contributed by atoms with E-state index in [1.807, 2.05) is 18.2 Å². The lowest BCUT2D eigenvalue weighted by molar-refractivity contribution is -0.276. The predicted octanol–water partition coefficient (Wildman–Crippen LogP) is 9.22. The number of hydrogen-bond acceptors (Lipinski definition) is 1. The van der Waals surface area contributed by atoms with Gasteiger partial charge in [0.1, 0.15) is 5.82 Å². The van der Waals surface area contributed by atoms with E-state index in [1.54, 1.807) is 24.3 Å². The van der Waals surface area contributed by atoms with Gasteiger partial charge in [-0.1, -0.05) is 74.4 Å². The molecule has 0 aliphatic carbocycles. The molecule has 0 spiro atoms. The Morgan fingerprint density at radius 3 is 2.00 bits per heavy atom. The Balaban J connectivity index is 1.60. The lowest BCUT2D eigenvalue weighted by Crippen LogP contribution is -2.19. The van der Waals surface area contributed by atoms with Crippen LogP contribution in [0.3, 0.4) is 0 Å².